The average Bonchev–Trinajstić information content (AvgIpc) is 2.54. The molecule has 3 fully saturated rings. The molecule has 0 spiro atoms. The summed E-state index contributed by atoms with van der Waals surface area (Å²) in [5.74, 6) is 0.299. The van der Waals surface area contributed by atoms with Crippen LogP contribution in [0.3, 0.4) is 0 Å². The average molecular weight is 294 g/mol. The number of rotatable bonds is 3. The molecule has 3 rings (SSSR count). The summed E-state index contributed by atoms with van der Waals surface area (Å²) < 4.78 is 5.77. The Hall–Kier alpha value is -1.10. The van der Waals surface area contributed by atoms with Crippen LogP contribution in [0.4, 0.5) is 0 Å². The van der Waals surface area contributed by atoms with Crippen LogP contribution in [0, 0.1) is 0 Å². The van der Waals surface area contributed by atoms with Crippen molar-refractivity contribution in [3.63, 3.8) is 0 Å². The molecule has 0 bridgehead atoms. The number of hydrogen-bond donors (Lipinski definition) is 0. The first-order chi connectivity index (χ1) is 10.2. The van der Waals surface area contributed by atoms with Gasteiger partial charge in [-0.1, -0.05) is 6.92 Å². The van der Waals surface area contributed by atoms with Crippen LogP contribution < -0.4 is 0 Å². The monoisotopic (exact) mass is 294 g/mol. The van der Waals surface area contributed by atoms with E-state index in [1.807, 2.05) is 16.7 Å². The van der Waals surface area contributed by atoms with Crippen LogP contribution in [-0.4, -0.2) is 59.5 Å². The van der Waals surface area contributed by atoms with Crippen molar-refractivity contribution < 1.29 is 14.3 Å². The zero-order valence-corrected chi connectivity index (χ0v) is 12.9. The number of fused-ring (bicyclic) bond motifs is 1. The maximum absolute atomic E-state index is 12.8. The third-order valence-corrected chi connectivity index (χ3v) is 5.08. The summed E-state index contributed by atoms with van der Waals surface area (Å²) in [6.45, 7) is 4.12. The van der Waals surface area contributed by atoms with Crippen LogP contribution >= 0.6 is 0 Å². The number of piperidine rings is 1. The topological polar surface area (TPSA) is 49.9 Å². The number of nitrogens with zero attached hydrogens (tertiary/aromatic N) is 2. The van der Waals surface area contributed by atoms with E-state index in [0.717, 1.165) is 51.7 Å². The second kappa shape index (κ2) is 6.34. The molecule has 5 nitrogen and oxygen atoms in total. The standard InChI is InChI=1S/C16H26N2O3/c1-2-13-15(19)17-9-5-3-8-14(17)16(20)18(13)11-12-7-4-6-10-21-12/h12-14H,2-11H2,1H3. The summed E-state index contributed by atoms with van der Waals surface area (Å²) in [7, 11) is 0. The first-order valence-corrected chi connectivity index (χ1v) is 8.45. The highest BCUT2D eigenvalue weighted by molar-refractivity contribution is 5.97. The molecule has 3 saturated heterocycles. The van der Waals surface area contributed by atoms with Crippen molar-refractivity contribution >= 4 is 11.8 Å². The van der Waals surface area contributed by atoms with Gasteiger partial charge < -0.3 is 14.5 Å². The van der Waals surface area contributed by atoms with E-state index < -0.39 is 0 Å². The second-order valence-corrected chi connectivity index (χ2v) is 6.45. The Morgan fingerprint density at radius 3 is 2.62 bits per heavy atom. The lowest BCUT2D eigenvalue weighted by atomic mass is 9.93. The molecular weight excluding hydrogens is 268 g/mol. The van der Waals surface area contributed by atoms with Gasteiger partial charge in [-0.3, -0.25) is 9.59 Å². The van der Waals surface area contributed by atoms with Gasteiger partial charge in [0, 0.05) is 19.7 Å². The van der Waals surface area contributed by atoms with Gasteiger partial charge in [0.05, 0.1) is 6.10 Å². The van der Waals surface area contributed by atoms with Gasteiger partial charge in [-0.05, 0) is 44.9 Å². The van der Waals surface area contributed by atoms with Crippen LogP contribution in [0.1, 0.15) is 51.9 Å². The van der Waals surface area contributed by atoms with Crippen LogP contribution in [0.15, 0.2) is 0 Å². The molecule has 5 heteroatoms. The highest BCUT2D eigenvalue weighted by Crippen LogP contribution is 2.28. The van der Waals surface area contributed by atoms with E-state index in [1.54, 1.807) is 0 Å². The van der Waals surface area contributed by atoms with Crippen LogP contribution in [0.5, 0.6) is 0 Å². The highest BCUT2D eigenvalue weighted by Gasteiger charge is 2.46. The minimum atomic E-state index is -0.280. The number of piperazine rings is 1. The van der Waals surface area contributed by atoms with Gasteiger partial charge in [0.1, 0.15) is 12.1 Å². The van der Waals surface area contributed by atoms with Gasteiger partial charge in [0.2, 0.25) is 11.8 Å². The Balaban J connectivity index is 1.76. The van der Waals surface area contributed by atoms with E-state index in [0.29, 0.717) is 13.0 Å². The summed E-state index contributed by atoms with van der Waals surface area (Å²) >= 11 is 0. The van der Waals surface area contributed by atoms with E-state index in [2.05, 4.69) is 0 Å². The fourth-order valence-corrected chi connectivity index (χ4v) is 3.90. The van der Waals surface area contributed by atoms with E-state index in [4.69, 9.17) is 4.74 Å². The molecule has 21 heavy (non-hydrogen) atoms. The number of carbonyl (C=O) groups is 2. The molecule has 3 aliphatic rings. The third kappa shape index (κ3) is 2.80. The van der Waals surface area contributed by atoms with Crippen LogP contribution in [-0.2, 0) is 14.3 Å². The number of carbonyl (C=O) groups excluding carboxylic acids is 2. The molecule has 0 radical (unpaired) electrons. The van der Waals surface area contributed by atoms with Crippen molar-refractivity contribution in [1.29, 1.82) is 0 Å². The highest BCUT2D eigenvalue weighted by atomic mass is 16.5. The lowest BCUT2D eigenvalue weighted by Gasteiger charge is -2.47. The van der Waals surface area contributed by atoms with Gasteiger partial charge in [0.15, 0.2) is 0 Å². The Bertz CT molecular complexity index is 406. The Morgan fingerprint density at radius 1 is 1.10 bits per heavy atom. The molecule has 0 aromatic carbocycles. The van der Waals surface area contributed by atoms with Gasteiger partial charge in [0.25, 0.3) is 0 Å². The molecule has 3 heterocycles. The molecule has 2 amide bonds. The van der Waals surface area contributed by atoms with E-state index in [1.165, 1.54) is 0 Å². The normalized spacial score (nSPS) is 34.0. The molecule has 0 aromatic heterocycles. The molecule has 0 saturated carbocycles. The SMILES string of the molecule is CCC1C(=O)N2CCCCC2C(=O)N1CC1CCCCO1. The van der Waals surface area contributed by atoms with Crippen molar-refractivity contribution in [2.45, 2.75) is 70.1 Å². The Kier molecular flexibility index (Phi) is 4.48. The predicted molar refractivity (Wildman–Crippen MR) is 78.7 cm³/mol. The maximum Gasteiger partial charge on any atom is 0.246 e. The number of ether oxygens (including phenoxy) is 1. The molecule has 3 aliphatic heterocycles. The first-order valence-electron chi connectivity index (χ1n) is 8.45. The van der Waals surface area contributed by atoms with Crippen molar-refractivity contribution in [1.82, 2.24) is 9.80 Å². The van der Waals surface area contributed by atoms with Crippen LogP contribution in [0.25, 0.3) is 0 Å². The molecule has 3 atom stereocenters. The van der Waals surface area contributed by atoms with Crippen LogP contribution in [0.2, 0.25) is 0 Å². The zero-order chi connectivity index (χ0) is 14.8. The lowest BCUT2D eigenvalue weighted by Crippen LogP contribution is -2.66. The fourth-order valence-electron chi connectivity index (χ4n) is 3.90. The molecule has 0 N–H and O–H groups in total. The molecule has 0 aliphatic carbocycles. The van der Waals surface area contributed by atoms with E-state index >= 15 is 0 Å². The van der Waals surface area contributed by atoms with Gasteiger partial charge in [-0.2, -0.15) is 0 Å². The lowest BCUT2D eigenvalue weighted by molar-refractivity contribution is -0.166. The van der Waals surface area contributed by atoms with Gasteiger partial charge in [-0.25, -0.2) is 0 Å². The summed E-state index contributed by atoms with van der Waals surface area (Å²) in [4.78, 5) is 29.2. The quantitative estimate of drug-likeness (QED) is 0.793. The van der Waals surface area contributed by atoms with Crippen molar-refractivity contribution in [3.8, 4) is 0 Å². The predicted octanol–water partition coefficient (Wildman–Crippen LogP) is 1.56. The summed E-state index contributed by atoms with van der Waals surface area (Å²) in [6, 6.07) is -0.491. The van der Waals surface area contributed by atoms with Crippen molar-refractivity contribution in [3.05, 3.63) is 0 Å². The number of amides is 2. The fraction of sp³-hybridized carbons (Fsp3) is 0.875. The van der Waals surface area contributed by atoms with Gasteiger partial charge in [-0.15, -0.1) is 0 Å². The van der Waals surface area contributed by atoms with E-state index in [-0.39, 0.29) is 30.0 Å². The van der Waals surface area contributed by atoms with Crippen molar-refractivity contribution in [2.24, 2.45) is 0 Å². The largest absolute Gasteiger partial charge is 0.376 e. The molecule has 0 aromatic rings. The first kappa shape index (κ1) is 14.8. The summed E-state index contributed by atoms with van der Waals surface area (Å²) in [6.07, 6.45) is 6.97. The number of hydrogen-bond acceptors (Lipinski definition) is 3. The minimum absolute atomic E-state index is 0.111. The van der Waals surface area contributed by atoms with Crippen molar-refractivity contribution in [2.75, 3.05) is 19.7 Å². The second-order valence-electron chi connectivity index (χ2n) is 6.45. The Labute approximate surface area is 126 Å². The maximum atomic E-state index is 12.8. The summed E-state index contributed by atoms with van der Waals surface area (Å²) in [5.41, 5.74) is 0. The van der Waals surface area contributed by atoms with E-state index in [9.17, 15) is 9.59 Å². The Morgan fingerprint density at radius 2 is 1.90 bits per heavy atom. The summed E-state index contributed by atoms with van der Waals surface area (Å²) in [5, 5.41) is 0. The van der Waals surface area contributed by atoms with Gasteiger partial charge >= 0.3 is 0 Å². The molecular formula is C16H26N2O3. The molecule has 118 valence electrons. The third-order valence-electron chi connectivity index (χ3n) is 5.08. The zero-order valence-electron chi connectivity index (χ0n) is 12.9. The smallest absolute Gasteiger partial charge is 0.246 e. The molecule has 3 unspecified atom stereocenters. The minimum Gasteiger partial charge on any atom is -0.376 e.